The number of carbonyl (C=O) groups is 1. The summed E-state index contributed by atoms with van der Waals surface area (Å²) in [5.74, 6) is 0.118. The highest BCUT2D eigenvalue weighted by Gasteiger charge is 2.35. The van der Waals surface area contributed by atoms with Crippen LogP contribution in [0.2, 0.25) is 0 Å². The molecule has 0 bridgehead atoms. The Morgan fingerprint density at radius 3 is 2.33 bits per heavy atom. The van der Waals surface area contributed by atoms with Crippen LogP contribution in [0.3, 0.4) is 0 Å². The predicted octanol–water partition coefficient (Wildman–Crippen LogP) is 2.69. The molecule has 1 aromatic rings. The van der Waals surface area contributed by atoms with Gasteiger partial charge in [0.15, 0.2) is 5.78 Å². The number of anilines is 1. The van der Waals surface area contributed by atoms with Gasteiger partial charge in [0.05, 0.1) is 0 Å². The summed E-state index contributed by atoms with van der Waals surface area (Å²) in [5.41, 5.74) is 2.30. The van der Waals surface area contributed by atoms with Crippen molar-refractivity contribution in [3.8, 4) is 0 Å². The molecule has 0 unspecified atom stereocenters. The second-order valence-electron chi connectivity index (χ2n) is 5.37. The zero-order valence-corrected chi connectivity index (χ0v) is 11.3. The van der Waals surface area contributed by atoms with Crippen molar-refractivity contribution in [2.75, 3.05) is 25.5 Å². The highest BCUT2D eigenvalue weighted by molar-refractivity contribution is 5.94. The SMILES string of the molecule is CNCC1(CNc2ccc(C(C)=O)cc2)CCC1. The molecule has 0 saturated heterocycles. The molecule has 0 spiro atoms. The Labute approximate surface area is 109 Å². The average Bonchev–Trinajstić information content (AvgIpc) is 2.33. The fraction of sp³-hybridized carbons (Fsp3) is 0.533. The number of rotatable bonds is 6. The molecular formula is C15H22N2O. The standard InChI is InChI=1S/C15H22N2O/c1-12(18)13-4-6-14(7-5-13)17-11-15(10-16-2)8-3-9-15/h4-7,16-17H,3,8-11H2,1-2H3. The van der Waals surface area contributed by atoms with Crippen LogP contribution in [0.25, 0.3) is 0 Å². The van der Waals surface area contributed by atoms with Gasteiger partial charge in [0.2, 0.25) is 0 Å². The van der Waals surface area contributed by atoms with E-state index < -0.39 is 0 Å². The molecular weight excluding hydrogens is 224 g/mol. The lowest BCUT2D eigenvalue weighted by molar-refractivity contribution is 0.101. The molecule has 1 aliphatic rings. The molecule has 0 atom stereocenters. The second kappa shape index (κ2) is 5.53. The third-order valence-electron chi connectivity index (χ3n) is 3.92. The highest BCUT2D eigenvalue weighted by atomic mass is 16.1. The maximum Gasteiger partial charge on any atom is 0.159 e. The van der Waals surface area contributed by atoms with E-state index in [4.69, 9.17) is 0 Å². The lowest BCUT2D eigenvalue weighted by atomic mass is 9.68. The monoisotopic (exact) mass is 246 g/mol. The van der Waals surface area contributed by atoms with Crippen molar-refractivity contribution < 1.29 is 4.79 Å². The Morgan fingerprint density at radius 1 is 1.22 bits per heavy atom. The molecule has 0 amide bonds. The number of hydrogen-bond acceptors (Lipinski definition) is 3. The summed E-state index contributed by atoms with van der Waals surface area (Å²) in [4.78, 5) is 11.2. The second-order valence-corrected chi connectivity index (χ2v) is 5.37. The molecule has 98 valence electrons. The molecule has 2 rings (SSSR count). The first-order chi connectivity index (χ1) is 8.65. The van der Waals surface area contributed by atoms with Gasteiger partial charge in [0.25, 0.3) is 0 Å². The summed E-state index contributed by atoms with van der Waals surface area (Å²) in [7, 11) is 2.02. The van der Waals surface area contributed by atoms with Crippen LogP contribution in [0.5, 0.6) is 0 Å². The summed E-state index contributed by atoms with van der Waals surface area (Å²) in [6, 6.07) is 7.75. The van der Waals surface area contributed by atoms with Gasteiger partial charge in [0.1, 0.15) is 0 Å². The molecule has 0 aliphatic heterocycles. The number of Topliss-reactive ketones (excluding diaryl/α,β-unsaturated/α-hetero) is 1. The van der Waals surface area contributed by atoms with Crippen molar-refractivity contribution in [3.63, 3.8) is 0 Å². The fourth-order valence-corrected chi connectivity index (χ4v) is 2.58. The van der Waals surface area contributed by atoms with Crippen LogP contribution in [0.1, 0.15) is 36.5 Å². The molecule has 1 fully saturated rings. The van der Waals surface area contributed by atoms with Gasteiger partial charge in [-0.05, 0) is 51.1 Å². The molecule has 3 nitrogen and oxygen atoms in total. The van der Waals surface area contributed by atoms with E-state index in [-0.39, 0.29) is 5.78 Å². The quantitative estimate of drug-likeness (QED) is 0.758. The van der Waals surface area contributed by atoms with Gasteiger partial charge in [-0.1, -0.05) is 6.42 Å². The molecule has 3 heteroatoms. The van der Waals surface area contributed by atoms with E-state index in [1.54, 1.807) is 6.92 Å². The van der Waals surface area contributed by atoms with E-state index in [1.807, 2.05) is 31.3 Å². The van der Waals surface area contributed by atoms with Crippen LogP contribution in [0.4, 0.5) is 5.69 Å². The number of carbonyl (C=O) groups excluding carboxylic acids is 1. The number of benzene rings is 1. The van der Waals surface area contributed by atoms with Gasteiger partial charge in [-0.2, -0.15) is 0 Å². The fourth-order valence-electron chi connectivity index (χ4n) is 2.58. The van der Waals surface area contributed by atoms with Gasteiger partial charge < -0.3 is 10.6 Å². The van der Waals surface area contributed by atoms with Crippen molar-refractivity contribution in [1.29, 1.82) is 0 Å². The minimum Gasteiger partial charge on any atom is -0.384 e. The lowest BCUT2D eigenvalue weighted by Gasteiger charge is -2.42. The normalized spacial score (nSPS) is 17.0. The first kappa shape index (κ1) is 13.1. The molecule has 2 N–H and O–H groups in total. The molecule has 1 aromatic carbocycles. The molecule has 0 heterocycles. The molecule has 1 aliphatic carbocycles. The minimum absolute atomic E-state index is 0.118. The van der Waals surface area contributed by atoms with Crippen molar-refractivity contribution in [3.05, 3.63) is 29.8 Å². The number of ketones is 1. The third-order valence-corrected chi connectivity index (χ3v) is 3.92. The number of nitrogens with one attached hydrogen (secondary N) is 2. The van der Waals surface area contributed by atoms with Crippen molar-refractivity contribution >= 4 is 11.5 Å². The lowest BCUT2D eigenvalue weighted by Crippen LogP contribution is -2.44. The summed E-state index contributed by atoms with van der Waals surface area (Å²) < 4.78 is 0. The van der Waals surface area contributed by atoms with Crippen molar-refractivity contribution in [2.45, 2.75) is 26.2 Å². The molecule has 0 radical (unpaired) electrons. The zero-order valence-electron chi connectivity index (χ0n) is 11.3. The average molecular weight is 246 g/mol. The number of hydrogen-bond donors (Lipinski definition) is 2. The van der Waals surface area contributed by atoms with Crippen molar-refractivity contribution in [2.24, 2.45) is 5.41 Å². The van der Waals surface area contributed by atoms with E-state index in [1.165, 1.54) is 19.3 Å². The zero-order chi connectivity index (χ0) is 13.0. The Bertz CT molecular complexity index is 407. The smallest absolute Gasteiger partial charge is 0.159 e. The van der Waals surface area contributed by atoms with E-state index in [0.29, 0.717) is 5.41 Å². The van der Waals surface area contributed by atoms with Crippen LogP contribution < -0.4 is 10.6 Å². The van der Waals surface area contributed by atoms with Crippen LogP contribution >= 0.6 is 0 Å². The Balaban J connectivity index is 1.91. The van der Waals surface area contributed by atoms with E-state index in [9.17, 15) is 4.79 Å². The van der Waals surface area contributed by atoms with Gasteiger partial charge >= 0.3 is 0 Å². The largest absolute Gasteiger partial charge is 0.384 e. The van der Waals surface area contributed by atoms with Gasteiger partial charge in [-0.3, -0.25) is 4.79 Å². The Morgan fingerprint density at radius 2 is 1.89 bits per heavy atom. The van der Waals surface area contributed by atoms with Crippen LogP contribution in [0, 0.1) is 5.41 Å². The predicted molar refractivity (Wildman–Crippen MR) is 75.1 cm³/mol. The van der Waals surface area contributed by atoms with Gasteiger partial charge in [0, 0.05) is 29.8 Å². The molecule has 1 saturated carbocycles. The van der Waals surface area contributed by atoms with E-state index >= 15 is 0 Å². The first-order valence-electron chi connectivity index (χ1n) is 6.65. The van der Waals surface area contributed by atoms with Gasteiger partial charge in [-0.15, -0.1) is 0 Å². The topological polar surface area (TPSA) is 41.1 Å². The first-order valence-corrected chi connectivity index (χ1v) is 6.65. The summed E-state index contributed by atoms with van der Waals surface area (Å²) in [6.07, 6.45) is 3.94. The Hall–Kier alpha value is -1.35. The molecule has 18 heavy (non-hydrogen) atoms. The maximum absolute atomic E-state index is 11.2. The maximum atomic E-state index is 11.2. The highest BCUT2D eigenvalue weighted by Crippen LogP contribution is 2.40. The van der Waals surface area contributed by atoms with Crippen molar-refractivity contribution in [1.82, 2.24) is 5.32 Å². The summed E-state index contributed by atoms with van der Waals surface area (Å²) in [5, 5.41) is 6.77. The summed E-state index contributed by atoms with van der Waals surface area (Å²) in [6.45, 7) is 3.68. The Kier molecular flexibility index (Phi) is 4.02. The van der Waals surface area contributed by atoms with Gasteiger partial charge in [-0.25, -0.2) is 0 Å². The molecule has 0 aromatic heterocycles. The summed E-state index contributed by atoms with van der Waals surface area (Å²) >= 11 is 0. The van der Waals surface area contributed by atoms with Crippen LogP contribution in [-0.2, 0) is 0 Å². The van der Waals surface area contributed by atoms with E-state index in [2.05, 4.69) is 10.6 Å². The minimum atomic E-state index is 0.118. The third kappa shape index (κ3) is 2.91. The van der Waals surface area contributed by atoms with Crippen LogP contribution in [0.15, 0.2) is 24.3 Å². The van der Waals surface area contributed by atoms with E-state index in [0.717, 1.165) is 24.3 Å². The van der Waals surface area contributed by atoms with Crippen LogP contribution in [-0.4, -0.2) is 25.9 Å².